The van der Waals surface area contributed by atoms with E-state index in [4.69, 9.17) is 4.84 Å². The van der Waals surface area contributed by atoms with Gasteiger partial charge in [-0.2, -0.15) is 0 Å². The van der Waals surface area contributed by atoms with Crippen LogP contribution in [0.1, 0.15) is 32.1 Å². The number of likely N-dealkylation sites (tertiary alicyclic amines) is 1. The van der Waals surface area contributed by atoms with E-state index in [9.17, 15) is 18.4 Å². The van der Waals surface area contributed by atoms with Gasteiger partial charge in [-0.05, 0) is 25.0 Å². The van der Waals surface area contributed by atoms with Gasteiger partial charge in [-0.25, -0.2) is 8.78 Å². The van der Waals surface area contributed by atoms with Crippen LogP contribution in [0.15, 0.2) is 35.5 Å². The zero-order valence-corrected chi connectivity index (χ0v) is 14.8. The lowest BCUT2D eigenvalue weighted by atomic mass is 9.79. The number of hydrogen-bond donors (Lipinski definition) is 1. The van der Waals surface area contributed by atoms with Crippen molar-refractivity contribution in [1.82, 2.24) is 4.90 Å². The smallest absolute Gasteiger partial charge is 0.273 e. The minimum atomic E-state index is -2.72. The number of carbonyl (C=O) groups excluding carboxylic acids is 2. The van der Waals surface area contributed by atoms with Gasteiger partial charge in [-0.1, -0.05) is 23.4 Å². The summed E-state index contributed by atoms with van der Waals surface area (Å²) in [5, 5.41) is 6.72. The third-order valence-electron chi connectivity index (χ3n) is 5.42. The Morgan fingerprint density at radius 1 is 1.22 bits per heavy atom. The van der Waals surface area contributed by atoms with E-state index in [1.165, 1.54) is 0 Å². The largest absolute Gasteiger partial charge is 0.386 e. The SMILES string of the molecule is O=C(Nc1ccccc1)C1=NOC2(CCCN(C(=O)C3CC(F)(F)C3)C2)C1. The normalized spacial score (nSPS) is 26.9. The number of hydrogen-bond acceptors (Lipinski definition) is 4. The number of halogens is 2. The molecular formula is C19H21F2N3O3. The highest BCUT2D eigenvalue weighted by atomic mass is 19.3. The molecule has 1 saturated heterocycles. The van der Waals surface area contributed by atoms with Gasteiger partial charge in [0.2, 0.25) is 11.8 Å². The van der Waals surface area contributed by atoms with Crippen molar-refractivity contribution in [2.24, 2.45) is 11.1 Å². The van der Waals surface area contributed by atoms with E-state index in [1.807, 2.05) is 18.2 Å². The minimum absolute atomic E-state index is 0.245. The van der Waals surface area contributed by atoms with E-state index >= 15 is 0 Å². The second kappa shape index (κ2) is 6.58. The van der Waals surface area contributed by atoms with E-state index in [-0.39, 0.29) is 36.9 Å². The van der Waals surface area contributed by atoms with Gasteiger partial charge in [-0.15, -0.1) is 0 Å². The minimum Gasteiger partial charge on any atom is -0.386 e. The number of carbonyl (C=O) groups is 2. The van der Waals surface area contributed by atoms with Gasteiger partial charge in [0.25, 0.3) is 5.91 Å². The van der Waals surface area contributed by atoms with Gasteiger partial charge in [0.15, 0.2) is 5.60 Å². The molecule has 0 bridgehead atoms. The molecule has 0 radical (unpaired) electrons. The first-order chi connectivity index (χ1) is 12.9. The lowest BCUT2D eigenvalue weighted by Gasteiger charge is -2.42. The molecule has 0 aromatic heterocycles. The molecule has 144 valence electrons. The molecule has 27 heavy (non-hydrogen) atoms. The number of para-hydroxylation sites is 1. The third kappa shape index (κ3) is 3.65. The number of nitrogens with zero attached hydrogens (tertiary/aromatic N) is 2. The molecule has 2 amide bonds. The van der Waals surface area contributed by atoms with Crippen molar-refractivity contribution in [1.29, 1.82) is 0 Å². The van der Waals surface area contributed by atoms with Crippen LogP contribution >= 0.6 is 0 Å². The number of anilines is 1. The number of amides is 2. The third-order valence-corrected chi connectivity index (χ3v) is 5.42. The molecule has 6 nitrogen and oxygen atoms in total. The summed E-state index contributed by atoms with van der Waals surface area (Å²) in [5.74, 6) is -3.91. The van der Waals surface area contributed by atoms with Crippen LogP contribution in [0, 0.1) is 5.92 Å². The van der Waals surface area contributed by atoms with Crippen molar-refractivity contribution < 1.29 is 23.2 Å². The van der Waals surface area contributed by atoms with E-state index < -0.39 is 17.4 Å². The number of rotatable bonds is 3. The van der Waals surface area contributed by atoms with Crippen LogP contribution in [0.4, 0.5) is 14.5 Å². The maximum atomic E-state index is 13.1. The highest BCUT2D eigenvalue weighted by Gasteiger charge is 2.52. The Bertz CT molecular complexity index is 776. The standard InChI is InChI=1S/C19H21F2N3O3/c20-19(21)9-13(10-19)17(26)24-8-4-7-18(12-24)11-15(23-27-18)16(25)22-14-5-2-1-3-6-14/h1-3,5-6,13H,4,7-12H2,(H,22,25). The predicted octanol–water partition coefficient (Wildman–Crippen LogP) is 2.81. The number of benzene rings is 1. The maximum Gasteiger partial charge on any atom is 0.273 e. The highest BCUT2D eigenvalue weighted by molar-refractivity contribution is 6.43. The molecule has 1 spiro atoms. The summed E-state index contributed by atoms with van der Waals surface area (Å²) in [6.07, 6.45) is 0.909. The fraction of sp³-hybridized carbons (Fsp3) is 0.526. The van der Waals surface area contributed by atoms with Crippen LogP contribution in [0.2, 0.25) is 0 Å². The molecule has 8 heteroatoms. The fourth-order valence-electron chi connectivity index (χ4n) is 3.97. The molecule has 1 aromatic rings. The van der Waals surface area contributed by atoms with Gasteiger partial charge in [0.1, 0.15) is 5.71 Å². The van der Waals surface area contributed by atoms with Gasteiger partial charge < -0.3 is 15.1 Å². The van der Waals surface area contributed by atoms with Crippen LogP contribution < -0.4 is 5.32 Å². The van der Waals surface area contributed by atoms with Gasteiger partial charge in [0, 0.05) is 37.4 Å². The van der Waals surface area contributed by atoms with Gasteiger partial charge in [0.05, 0.1) is 6.54 Å². The van der Waals surface area contributed by atoms with Crippen LogP contribution in [-0.2, 0) is 14.4 Å². The summed E-state index contributed by atoms with van der Waals surface area (Å²) in [6.45, 7) is 0.803. The van der Waals surface area contributed by atoms with Crippen LogP contribution in [0.25, 0.3) is 0 Å². The van der Waals surface area contributed by atoms with Crippen LogP contribution in [0.5, 0.6) is 0 Å². The summed E-state index contributed by atoms with van der Waals surface area (Å²) in [7, 11) is 0. The molecule has 1 aliphatic carbocycles. The Balaban J connectivity index is 1.36. The second-order valence-electron chi connectivity index (χ2n) is 7.63. The Morgan fingerprint density at radius 3 is 2.67 bits per heavy atom. The van der Waals surface area contributed by atoms with Crippen molar-refractivity contribution in [3.8, 4) is 0 Å². The average Bonchev–Trinajstić information content (AvgIpc) is 3.03. The monoisotopic (exact) mass is 377 g/mol. The van der Waals surface area contributed by atoms with Crippen molar-refractivity contribution in [2.45, 2.75) is 43.6 Å². The quantitative estimate of drug-likeness (QED) is 0.881. The molecule has 3 aliphatic rings. The van der Waals surface area contributed by atoms with Crippen molar-refractivity contribution in [2.75, 3.05) is 18.4 Å². The van der Waals surface area contributed by atoms with Crippen molar-refractivity contribution >= 4 is 23.2 Å². The number of oxime groups is 1. The zero-order chi connectivity index (χ0) is 19.1. The first-order valence-electron chi connectivity index (χ1n) is 9.14. The summed E-state index contributed by atoms with van der Waals surface area (Å²) < 4.78 is 26.1. The Hall–Kier alpha value is -2.51. The van der Waals surface area contributed by atoms with Gasteiger partial charge in [-0.3, -0.25) is 9.59 Å². The van der Waals surface area contributed by atoms with Gasteiger partial charge >= 0.3 is 0 Å². The molecular weight excluding hydrogens is 356 g/mol. The second-order valence-corrected chi connectivity index (χ2v) is 7.63. The summed E-state index contributed by atoms with van der Waals surface area (Å²) in [4.78, 5) is 32.1. The van der Waals surface area contributed by atoms with Crippen molar-refractivity contribution in [3.63, 3.8) is 0 Å². The number of nitrogens with one attached hydrogen (secondary N) is 1. The highest BCUT2D eigenvalue weighted by Crippen LogP contribution is 2.44. The molecule has 4 rings (SSSR count). The zero-order valence-electron chi connectivity index (χ0n) is 14.8. The molecule has 1 saturated carbocycles. The van der Waals surface area contributed by atoms with Crippen LogP contribution in [-0.4, -0.2) is 47.0 Å². The van der Waals surface area contributed by atoms with E-state index in [0.29, 0.717) is 31.5 Å². The lowest BCUT2D eigenvalue weighted by molar-refractivity contribution is -0.166. The molecule has 1 aromatic carbocycles. The van der Waals surface area contributed by atoms with Crippen molar-refractivity contribution in [3.05, 3.63) is 30.3 Å². The Morgan fingerprint density at radius 2 is 1.96 bits per heavy atom. The maximum absolute atomic E-state index is 13.1. The van der Waals surface area contributed by atoms with E-state index in [0.717, 1.165) is 0 Å². The summed E-state index contributed by atoms with van der Waals surface area (Å²) in [6, 6.07) is 9.04. The fourth-order valence-corrected chi connectivity index (χ4v) is 3.97. The predicted molar refractivity (Wildman–Crippen MR) is 94.4 cm³/mol. The molecule has 1 unspecified atom stereocenters. The molecule has 2 fully saturated rings. The molecule has 1 N–H and O–H groups in total. The summed E-state index contributed by atoms with van der Waals surface area (Å²) >= 11 is 0. The summed E-state index contributed by atoms with van der Waals surface area (Å²) in [5.41, 5.74) is 0.213. The first-order valence-corrected chi connectivity index (χ1v) is 9.14. The topological polar surface area (TPSA) is 71.0 Å². The number of piperidine rings is 1. The van der Waals surface area contributed by atoms with Crippen LogP contribution in [0.3, 0.4) is 0 Å². The lowest BCUT2D eigenvalue weighted by Crippen LogP contribution is -2.54. The Kier molecular flexibility index (Phi) is 4.36. The van der Waals surface area contributed by atoms with E-state index in [1.54, 1.807) is 17.0 Å². The average molecular weight is 377 g/mol. The Labute approximate surface area is 155 Å². The first kappa shape index (κ1) is 17.9. The molecule has 1 atom stereocenters. The number of alkyl halides is 2. The molecule has 2 aliphatic heterocycles. The van der Waals surface area contributed by atoms with E-state index in [2.05, 4.69) is 10.5 Å². The molecule has 2 heterocycles.